The van der Waals surface area contributed by atoms with E-state index in [9.17, 15) is 14.4 Å². The standard InChI is InChI=1S/C24H34N4O3/c1-4-19-14-20(9-8-17(19)2)25-22-15-23(30)28(24(31)26-22)12-7-5-6-11-27-13-10-21(29)18(3)16-27/h8-9,14-15,18,25H,4-7,10-13,16H2,1-3H3,(H,26,31). The Bertz CT molecular complexity index is 993. The number of aromatic nitrogens is 2. The molecule has 0 radical (unpaired) electrons. The number of likely N-dealkylation sites (tertiary alicyclic amines) is 1. The van der Waals surface area contributed by atoms with Crippen molar-refractivity contribution in [2.75, 3.05) is 25.0 Å². The monoisotopic (exact) mass is 426 g/mol. The zero-order valence-corrected chi connectivity index (χ0v) is 18.9. The van der Waals surface area contributed by atoms with Gasteiger partial charge in [-0.05, 0) is 56.0 Å². The molecule has 2 N–H and O–H groups in total. The average molecular weight is 427 g/mol. The third-order valence-corrected chi connectivity index (χ3v) is 6.14. The number of anilines is 2. The maximum atomic E-state index is 12.5. The Morgan fingerprint density at radius 3 is 2.58 bits per heavy atom. The van der Waals surface area contributed by atoms with E-state index in [1.165, 1.54) is 21.8 Å². The normalized spacial score (nSPS) is 17.1. The smallest absolute Gasteiger partial charge is 0.329 e. The number of carbonyl (C=O) groups excluding carboxylic acids is 1. The fourth-order valence-corrected chi connectivity index (χ4v) is 4.17. The van der Waals surface area contributed by atoms with Gasteiger partial charge in [-0.1, -0.05) is 26.3 Å². The molecule has 1 aliphatic rings. The number of nitrogens with one attached hydrogen (secondary N) is 2. The van der Waals surface area contributed by atoms with Crippen LogP contribution in [-0.2, 0) is 17.8 Å². The van der Waals surface area contributed by atoms with Gasteiger partial charge in [-0.3, -0.25) is 19.1 Å². The van der Waals surface area contributed by atoms with Crippen LogP contribution in [0.15, 0.2) is 33.9 Å². The van der Waals surface area contributed by atoms with Crippen molar-refractivity contribution in [3.05, 3.63) is 56.2 Å². The maximum absolute atomic E-state index is 12.5. The summed E-state index contributed by atoms with van der Waals surface area (Å²) in [5, 5.41) is 3.14. The van der Waals surface area contributed by atoms with Crippen LogP contribution < -0.4 is 16.6 Å². The molecular formula is C24H34N4O3. The molecule has 1 atom stereocenters. The van der Waals surface area contributed by atoms with Gasteiger partial charge in [0.1, 0.15) is 11.6 Å². The Labute approximate surface area is 183 Å². The molecular weight excluding hydrogens is 392 g/mol. The number of carbonyl (C=O) groups is 1. The molecule has 1 unspecified atom stereocenters. The van der Waals surface area contributed by atoms with E-state index in [0.29, 0.717) is 24.6 Å². The molecule has 1 fully saturated rings. The van der Waals surface area contributed by atoms with E-state index in [0.717, 1.165) is 51.0 Å². The van der Waals surface area contributed by atoms with Crippen molar-refractivity contribution in [2.45, 2.75) is 59.4 Å². The molecule has 0 aliphatic carbocycles. The highest BCUT2D eigenvalue weighted by Crippen LogP contribution is 2.18. The van der Waals surface area contributed by atoms with Gasteiger partial charge in [-0.25, -0.2) is 4.79 Å². The molecule has 0 spiro atoms. The Morgan fingerprint density at radius 2 is 1.87 bits per heavy atom. The molecule has 1 aliphatic heterocycles. The Kier molecular flexibility index (Phi) is 7.85. The largest absolute Gasteiger partial charge is 0.342 e. The van der Waals surface area contributed by atoms with Crippen molar-refractivity contribution in [1.29, 1.82) is 0 Å². The summed E-state index contributed by atoms with van der Waals surface area (Å²) in [6, 6.07) is 7.46. The van der Waals surface area contributed by atoms with Gasteiger partial charge < -0.3 is 10.2 Å². The Morgan fingerprint density at radius 1 is 1.10 bits per heavy atom. The number of hydrogen-bond acceptors (Lipinski definition) is 5. The van der Waals surface area contributed by atoms with Crippen molar-refractivity contribution < 1.29 is 4.79 Å². The first kappa shape index (κ1) is 23.0. The number of benzene rings is 1. The van der Waals surface area contributed by atoms with Crippen molar-refractivity contribution >= 4 is 17.3 Å². The number of rotatable bonds is 9. The van der Waals surface area contributed by atoms with E-state index >= 15 is 0 Å². The average Bonchev–Trinajstić information content (AvgIpc) is 2.73. The van der Waals surface area contributed by atoms with E-state index in [-0.39, 0.29) is 17.2 Å². The minimum Gasteiger partial charge on any atom is -0.342 e. The van der Waals surface area contributed by atoms with Crippen LogP contribution in [0.5, 0.6) is 0 Å². The second kappa shape index (κ2) is 10.6. The summed E-state index contributed by atoms with van der Waals surface area (Å²) < 4.78 is 1.26. The van der Waals surface area contributed by atoms with E-state index < -0.39 is 0 Å². The van der Waals surface area contributed by atoms with Gasteiger partial charge in [0.2, 0.25) is 0 Å². The molecule has 2 aromatic rings. The van der Waals surface area contributed by atoms with E-state index in [1.54, 1.807) is 0 Å². The van der Waals surface area contributed by atoms with E-state index in [4.69, 9.17) is 0 Å². The molecule has 1 aromatic carbocycles. The zero-order valence-electron chi connectivity index (χ0n) is 18.9. The van der Waals surface area contributed by atoms with Crippen LogP contribution in [-0.4, -0.2) is 39.9 Å². The second-order valence-corrected chi connectivity index (χ2v) is 8.58. The lowest BCUT2D eigenvalue weighted by atomic mass is 9.98. The van der Waals surface area contributed by atoms with Gasteiger partial charge in [0.15, 0.2) is 0 Å². The highest BCUT2D eigenvalue weighted by atomic mass is 16.2. The molecule has 7 heteroatoms. The number of H-pyrrole nitrogens is 1. The van der Waals surface area contributed by atoms with E-state index in [1.807, 2.05) is 25.1 Å². The summed E-state index contributed by atoms with van der Waals surface area (Å²) in [6.07, 6.45) is 4.28. The minimum atomic E-state index is -0.388. The number of Topliss-reactive ketones (excluding diaryl/α,β-unsaturated/α-hetero) is 1. The quantitative estimate of drug-likeness (QED) is 0.601. The number of aromatic amines is 1. The van der Waals surface area contributed by atoms with Gasteiger partial charge in [0.05, 0.1) is 0 Å². The number of ketones is 1. The summed E-state index contributed by atoms with van der Waals surface area (Å²) >= 11 is 0. The summed E-state index contributed by atoms with van der Waals surface area (Å²) in [7, 11) is 0. The molecule has 31 heavy (non-hydrogen) atoms. The maximum Gasteiger partial charge on any atom is 0.329 e. The van der Waals surface area contributed by atoms with Crippen molar-refractivity contribution in [3.63, 3.8) is 0 Å². The topological polar surface area (TPSA) is 87.2 Å². The third-order valence-electron chi connectivity index (χ3n) is 6.14. The molecule has 1 saturated heterocycles. The number of hydrogen-bond donors (Lipinski definition) is 2. The SMILES string of the molecule is CCc1cc(Nc2cc(=O)n(CCCCCN3CCC(=O)C(C)C3)c(=O)[nH]2)ccc1C. The van der Waals surface area contributed by atoms with Gasteiger partial charge in [-0.2, -0.15) is 0 Å². The number of piperidine rings is 1. The number of aryl methyl sites for hydroxylation is 2. The lowest BCUT2D eigenvalue weighted by Crippen LogP contribution is -2.40. The highest BCUT2D eigenvalue weighted by molar-refractivity contribution is 5.81. The fourth-order valence-electron chi connectivity index (χ4n) is 4.17. The highest BCUT2D eigenvalue weighted by Gasteiger charge is 2.22. The Hall–Kier alpha value is -2.67. The van der Waals surface area contributed by atoms with Crippen molar-refractivity contribution in [1.82, 2.24) is 14.5 Å². The van der Waals surface area contributed by atoms with Crippen LogP contribution in [0.3, 0.4) is 0 Å². The third kappa shape index (κ3) is 6.17. The summed E-state index contributed by atoms with van der Waals surface area (Å²) in [4.78, 5) is 41.6. The van der Waals surface area contributed by atoms with Crippen LogP contribution >= 0.6 is 0 Å². The summed E-state index contributed by atoms with van der Waals surface area (Å²) in [5.74, 6) is 0.901. The summed E-state index contributed by atoms with van der Waals surface area (Å²) in [6.45, 7) is 9.22. The molecule has 2 heterocycles. The van der Waals surface area contributed by atoms with Gasteiger partial charge in [0.25, 0.3) is 5.56 Å². The van der Waals surface area contributed by atoms with Crippen LogP contribution in [0, 0.1) is 12.8 Å². The lowest BCUT2D eigenvalue weighted by molar-refractivity contribution is -0.125. The van der Waals surface area contributed by atoms with E-state index in [2.05, 4.69) is 29.0 Å². The minimum absolute atomic E-state index is 0.131. The molecule has 1 aromatic heterocycles. The first-order chi connectivity index (χ1) is 14.9. The van der Waals surface area contributed by atoms with Crippen LogP contribution in [0.4, 0.5) is 11.5 Å². The zero-order chi connectivity index (χ0) is 22.4. The van der Waals surface area contributed by atoms with Gasteiger partial charge >= 0.3 is 5.69 Å². The molecule has 168 valence electrons. The van der Waals surface area contributed by atoms with Crippen molar-refractivity contribution in [2.24, 2.45) is 5.92 Å². The van der Waals surface area contributed by atoms with Crippen LogP contribution in [0.25, 0.3) is 0 Å². The predicted molar refractivity (Wildman–Crippen MR) is 124 cm³/mol. The second-order valence-electron chi connectivity index (χ2n) is 8.58. The molecule has 0 amide bonds. The predicted octanol–water partition coefficient (Wildman–Crippen LogP) is 3.23. The van der Waals surface area contributed by atoms with Crippen molar-refractivity contribution in [3.8, 4) is 0 Å². The molecule has 3 rings (SSSR count). The van der Waals surface area contributed by atoms with Gasteiger partial charge in [0, 0.05) is 43.7 Å². The molecule has 7 nitrogen and oxygen atoms in total. The van der Waals surface area contributed by atoms with Gasteiger partial charge in [-0.15, -0.1) is 0 Å². The number of nitrogens with zero attached hydrogens (tertiary/aromatic N) is 2. The number of unbranched alkanes of at least 4 members (excludes halogenated alkanes) is 2. The Balaban J connectivity index is 1.51. The lowest BCUT2D eigenvalue weighted by Gasteiger charge is -2.29. The first-order valence-corrected chi connectivity index (χ1v) is 11.3. The molecule has 0 bridgehead atoms. The summed E-state index contributed by atoms with van der Waals surface area (Å²) in [5.41, 5.74) is 2.62. The first-order valence-electron chi connectivity index (χ1n) is 11.3. The molecule has 0 saturated carbocycles. The van der Waals surface area contributed by atoms with Crippen LogP contribution in [0.2, 0.25) is 0 Å². The van der Waals surface area contributed by atoms with Crippen LogP contribution in [0.1, 0.15) is 50.7 Å². The fraction of sp³-hybridized carbons (Fsp3) is 0.542.